The van der Waals surface area contributed by atoms with Crippen LogP contribution in [0, 0.1) is 0 Å². The van der Waals surface area contributed by atoms with Crippen molar-refractivity contribution >= 4 is 17.5 Å². The van der Waals surface area contributed by atoms with Gasteiger partial charge in [-0.3, -0.25) is 4.79 Å². The molecule has 0 saturated carbocycles. The summed E-state index contributed by atoms with van der Waals surface area (Å²) in [7, 11) is 0. The number of alkyl halides is 1. The molecule has 1 rings (SSSR count). The Morgan fingerprint density at radius 3 is 2.75 bits per heavy atom. The summed E-state index contributed by atoms with van der Waals surface area (Å²) in [5.41, 5.74) is 0. The van der Waals surface area contributed by atoms with Crippen LogP contribution >= 0.6 is 11.6 Å². The minimum absolute atomic E-state index is 0.0869. The maximum atomic E-state index is 11.5. The summed E-state index contributed by atoms with van der Waals surface area (Å²) in [5, 5.41) is -0.370. The maximum Gasteiger partial charge on any atom is 0.240 e. The Morgan fingerprint density at radius 2 is 2.25 bits per heavy atom. The lowest BCUT2D eigenvalue weighted by Crippen LogP contribution is -2.44. The van der Waals surface area contributed by atoms with Crippen LogP contribution in [0.2, 0.25) is 0 Å². The van der Waals surface area contributed by atoms with E-state index in [1.807, 2.05) is 4.90 Å². The van der Waals surface area contributed by atoms with E-state index < -0.39 is 0 Å². The summed E-state index contributed by atoms with van der Waals surface area (Å²) in [6.07, 6.45) is 3.48. The predicted molar refractivity (Wildman–Crippen MR) is 50.3 cm³/mol. The summed E-state index contributed by atoms with van der Waals surface area (Å²) in [4.78, 5) is 13.4. The second-order valence-corrected chi connectivity index (χ2v) is 4.15. The Bertz CT molecular complexity index is 170. The van der Waals surface area contributed by atoms with Gasteiger partial charge in [0.1, 0.15) is 5.38 Å². The number of halogens is 1. The summed E-state index contributed by atoms with van der Waals surface area (Å²) in [6.45, 7) is 4.72. The third kappa shape index (κ3) is 2.13. The van der Waals surface area contributed by atoms with Gasteiger partial charge < -0.3 is 4.90 Å². The molecule has 2 unspecified atom stereocenters. The molecule has 0 N–H and O–H groups in total. The van der Waals surface area contributed by atoms with Crippen LogP contribution in [0.4, 0.5) is 0 Å². The van der Waals surface area contributed by atoms with E-state index in [0.717, 1.165) is 19.4 Å². The fourth-order valence-corrected chi connectivity index (χ4v) is 1.78. The van der Waals surface area contributed by atoms with Gasteiger partial charge in [-0.25, -0.2) is 0 Å². The summed E-state index contributed by atoms with van der Waals surface area (Å²) in [5.74, 6) is 0.0869. The lowest BCUT2D eigenvalue weighted by Gasteiger charge is -2.34. The van der Waals surface area contributed by atoms with Gasteiger partial charge >= 0.3 is 0 Å². The highest BCUT2D eigenvalue weighted by atomic mass is 35.5. The van der Waals surface area contributed by atoms with E-state index in [1.165, 1.54) is 6.42 Å². The van der Waals surface area contributed by atoms with Gasteiger partial charge in [0.05, 0.1) is 0 Å². The second-order valence-electron chi connectivity index (χ2n) is 3.49. The highest BCUT2D eigenvalue weighted by molar-refractivity contribution is 6.30. The molecule has 0 spiro atoms. The smallest absolute Gasteiger partial charge is 0.240 e. The van der Waals surface area contributed by atoms with E-state index in [4.69, 9.17) is 11.6 Å². The largest absolute Gasteiger partial charge is 0.339 e. The second kappa shape index (κ2) is 4.13. The quantitative estimate of drug-likeness (QED) is 0.578. The summed E-state index contributed by atoms with van der Waals surface area (Å²) >= 11 is 5.74. The van der Waals surface area contributed by atoms with Crippen molar-refractivity contribution in [1.82, 2.24) is 4.90 Å². The van der Waals surface area contributed by atoms with Gasteiger partial charge in [-0.2, -0.15) is 0 Å². The van der Waals surface area contributed by atoms with Crippen LogP contribution in [0.25, 0.3) is 0 Å². The minimum Gasteiger partial charge on any atom is -0.339 e. The minimum atomic E-state index is -0.370. The molecule has 0 radical (unpaired) electrons. The molecule has 0 bridgehead atoms. The van der Waals surface area contributed by atoms with Crippen molar-refractivity contribution in [3.05, 3.63) is 0 Å². The number of rotatable bonds is 1. The Balaban J connectivity index is 2.53. The molecule has 12 heavy (non-hydrogen) atoms. The predicted octanol–water partition coefficient (Wildman–Crippen LogP) is 2.01. The number of nitrogens with zero attached hydrogens (tertiary/aromatic N) is 1. The number of likely N-dealkylation sites (tertiary alicyclic amines) is 1. The zero-order valence-corrected chi connectivity index (χ0v) is 8.47. The lowest BCUT2D eigenvalue weighted by atomic mass is 10.0. The fourth-order valence-electron chi connectivity index (χ4n) is 1.65. The van der Waals surface area contributed by atoms with Crippen molar-refractivity contribution in [2.24, 2.45) is 0 Å². The van der Waals surface area contributed by atoms with Gasteiger partial charge in [-0.15, -0.1) is 11.6 Å². The number of carbonyl (C=O) groups is 1. The van der Waals surface area contributed by atoms with Crippen LogP contribution < -0.4 is 0 Å². The first-order chi connectivity index (χ1) is 5.63. The van der Waals surface area contributed by atoms with Gasteiger partial charge in [0.15, 0.2) is 0 Å². The van der Waals surface area contributed by atoms with E-state index >= 15 is 0 Å². The maximum absolute atomic E-state index is 11.5. The molecular formula is C9H16ClNO. The summed E-state index contributed by atoms with van der Waals surface area (Å²) < 4.78 is 0. The molecule has 70 valence electrons. The standard InChI is InChI=1S/C9H16ClNO/c1-7-5-3-4-6-11(7)9(12)8(2)10/h7-8H,3-6H2,1-2H3. The third-order valence-electron chi connectivity index (χ3n) is 2.43. The Morgan fingerprint density at radius 1 is 1.58 bits per heavy atom. The Hall–Kier alpha value is -0.240. The monoisotopic (exact) mass is 189 g/mol. The number of hydrogen-bond acceptors (Lipinski definition) is 1. The first kappa shape index (κ1) is 9.85. The van der Waals surface area contributed by atoms with Crippen molar-refractivity contribution in [2.45, 2.75) is 44.5 Å². The molecule has 2 atom stereocenters. The SMILES string of the molecule is CC(Cl)C(=O)N1CCCCC1C. The molecule has 1 heterocycles. The van der Waals surface area contributed by atoms with Crippen molar-refractivity contribution in [3.63, 3.8) is 0 Å². The highest BCUT2D eigenvalue weighted by Gasteiger charge is 2.25. The first-order valence-electron chi connectivity index (χ1n) is 4.57. The molecule has 0 aromatic heterocycles. The molecular weight excluding hydrogens is 174 g/mol. The van der Waals surface area contributed by atoms with Crippen LogP contribution in [0.1, 0.15) is 33.1 Å². The number of piperidine rings is 1. The van der Waals surface area contributed by atoms with E-state index in [9.17, 15) is 4.79 Å². The molecule has 2 nitrogen and oxygen atoms in total. The van der Waals surface area contributed by atoms with Gasteiger partial charge in [0, 0.05) is 12.6 Å². The van der Waals surface area contributed by atoms with Crippen LogP contribution in [0.15, 0.2) is 0 Å². The van der Waals surface area contributed by atoms with E-state index in [-0.39, 0.29) is 11.3 Å². The van der Waals surface area contributed by atoms with Crippen molar-refractivity contribution in [2.75, 3.05) is 6.54 Å². The van der Waals surface area contributed by atoms with Crippen LogP contribution in [0.5, 0.6) is 0 Å². The molecule has 1 amide bonds. The molecule has 1 saturated heterocycles. The zero-order chi connectivity index (χ0) is 9.14. The van der Waals surface area contributed by atoms with Crippen LogP contribution in [-0.2, 0) is 4.79 Å². The Kier molecular flexibility index (Phi) is 3.39. The number of amides is 1. The fraction of sp³-hybridized carbons (Fsp3) is 0.889. The van der Waals surface area contributed by atoms with Crippen LogP contribution in [0.3, 0.4) is 0 Å². The average Bonchev–Trinajstić information content (AvgIpc) is 2.04. The molecule has 1 aliphatic rings. The molecule has 0 aliphatic carbocycles. The summed E-state index contributed by atoms with van der Waals surface area (Å²) in [6, 6.07) is 0.382. The molecule has 1 aliphatic heterocycles. The van der Waals surface area contributed by atoms with Gasteiger partial charge in [0.25, 0.3) is 0 Å². The van der Waals surface area contributed by atoms with E-state index in [0.29, 0.717) is 6.04 Å². The molecule has 0 aromatic rings. The van der Waals surface area contributed by atoms with Gasteiger partial charge in [0.2, 0.25) is 5.91 Å². The number of carbonyl (C=O) groups excluding carboxylic acids is 1. The number of hydrogen-bond donors (Lipinski definition) is 0. The third-order valence-corrected chi connectivity index (χ3v) is 2.61. The average molecular weight is 190 g/mol. The highest BCUT2D eigenvalue weighted by Crippen LogP contribution is 2.18. The van der Waals surface area contributed by atoms with E-state index in [1.54, 1.807) is 6.92 Å². The topological polar surface area (TPSA) is 20.3 Å². The lowest BCUT2D eigenvalue weighted by molar-refractivity contribution is -0.133. The normalized spacial score (nSPS) is 26.9. The Labute approximate surface area is 78.9 Å². The zero-order valence-electron chi connectivity index (χ0n) is 7.72. The van der Waals surface area contributed by atoms with Crippen LogP contribution in [-0.4, -0.2) is 28.8 Å². The van der Waals surface area contributed by atoms with Gasteiger partial charge in [-0.05, 0) is 33.1 Å². The molecule has 3 heteroatoms. The van der Waals surface area contributed by atoms with Crippen molar-refractivity contribution in [3.8, 4) is 0 Å². The molecule has 1 fully saturated rings. The first-order valence-corrected chi connectivity index (χ1v) is 5.01. The van der Waals surface area contributed by atoms with Gasteiger partial charge in [-0.1, -0.05) is 0 Å². The van der Waals surface area contributed by atoms with E-state index in [2.05, 4.69) is 6.92 Å². The molecule has 0 aromatic carbocycles. The van der Waals surface area contributed by atoms with Crippen molar-refractivity contribution < 1.29 is 4.79 Å². The van der Waals surface area contributed by atoms with Crippen molar-refractivity contribution in [1.29, 1.82) is 0 Å².